The second kappa shape index (κ2) is 5.43. The van der Waals surface area contributed by atoms with E-state index >= 15 is 0 Å². The van der Waals surface area contributed by atoms with E-state index in [9.17, 15) is 9.59 Å². The Hall–Kier alpha value is -2.97. The summed E-state index contributed by atoms with van der Waals surface area (Å²) in [7, 11) is 3.49. The third-order valence-corrected chi connectivity index (χ3v) is 3.28. The molecule has 114 valence electrons. The maximum absolute atomic E-state index is 12.2. The van der Waals surface area contributed by atoms with Gasteiger partial charge < -0.3 is 5.32 Å². The van der Waals surface area contributed by atoms with E-state index in [0.717, 1.165) is 0 Å². The molecule has 0 aliphatic heterocycles. The van der Waals surface area contributed by atoms with Gasteiger partial charge in [0.15, 0.2) is 11.5 Å². The summed E-state index contributed by atoms with van der Waals surface area (Å²) in [6, 6.07) is 1.70. The summed E-state index contributed by atoms with van der Waals surface area (Å²) in [5.41, 5.74) is 0.322. The van der Waals surface area contributed by atoms with Gasteiger partial charge >= 0.3 is 0 Å². The molecule has 3 rings (SSSR count). The van der Waals surface area contributed by atoms with Crippen LogP contribution in [0.5, 0.6) is 0 Å². The van der Waals surface area contributed by atoms with Gasteiger partial charge in [-0.3, -0.25) is 23.5 Å². The third kappa shape index (κ3) is 2.60. The van der Waals surface area contributed by atoms with Crippen LogP contribution in [-0.4, -0.2) is 35.0 Å². The van der Waals surface area contributed by atoms with Crippen LogP contribution in [-0.2, 0) is 25.4 Å². The highest BCUT2D eigenvalue weighted by molar-refractivity contribution is 5.89. The van der Waals surface area contributed by atoms with Gasteiger partial charge in [0.05, 0.1) is 12.5 Å². The smallest absolute Gasteiger partial charge is 0.264 e. The van der Waals surface area contributed by atoms with E-state index in [0.29, 0.717) is 16.9 Å². The van der Waals surface area contributed by atoms with Crippen molar-refractivity contribution in [3.63, 3.8) is 0 Å². The Morgan fingerprint density at radius 2 is 2.18 bits per heavy atom. The van der Waals surface area contributed by atoms with Gasteiger partial charge in [-0.25, -0.2) is 4.98 Å². The molecule has 9 heteroatoms. The Morgan fingerprint density at radius 3 is 2.91 bits per heavy atom. The lowest BCUT2D eigenvalue weighted by Gasteiger charge is -2.05. The summed E-state index contributed by atoms with van der Waals surface area (Å²) >= 11 is 0. The Labute approximate surface area is 125 Å². The molecule has 0 fully saturated rings. The lowest BCUT2D eigenvalue weighted by Crippen LogP contribution is -2.23. The molecule has 0 aliphatic rings. The van der Waals surface area contributed by atoms with Crippen LogP contribution in [0.2, 0.25) is 0 Å². The van der Waals surface area contributed by atoms with E-state index < -0.39 is 0 Å². The number of rotatable bonds is 4. The van der Waals surface area contributed by atoms with E-state index in [1.54, 1.807) is 31.0 Å². The molecule has 0 atom stereocenters. The minimum absolute atomic E-state index is 0.157. The second-order valence-corrected chi connectivity index (χ2v) is 4.92. The van der Waals surface area contributed by atoms with Crippen LogP contribution in [0.3, 0.4) is 0 Å². The predicted octanol–water partition coefficient (Wildman–Crippen LogP) is -0.108. The van der Waals surface area contributed by atoms with Crippen LogP contribution in [0.4, 0.5) is 5.82 Å². The SMILES string of the molecule is Cn1ccc(NC(=O)CCn2cnc3c(cnn3C)c2=O)n1. The van der Waals surface area contributed by atoms with Gasteiger partial charge in [-0.05, 0) is 0 Å². The number of aromatic nitrogens is 6. The molecule has 0 saturated heterocycles. The number of nitrogens with zero attached hydrogens (tertiary/aromatic N) is 6. The molecule has 0 bridgehead atoms. The normalized spacial score (nSPS) is 11.0. The van der Waals surface area contributed by atoms with Gasteiger partial charge in [-0.15, -0.1) is 0 Å². The van der Waals surface area contributed by atoms with Crippen LogP contribution in [0.25, 0.3) is 11.0 Å². The number of hydrogen-bond acceptors (Lipinski definition) is 5. The lowest BCUT2D eigenvalue weighted by atomic mass is 10.3. The quantitative estimate of drug-likeness (QED) is 0.725. The standard InChI is InChI=1S/C13H15N7O2/c1-18-5-3-10(17-18)16-11(21)4-6-20-8-14-12-9(13(20)22)7-15-19(12)2/h3,5,7-8H,4,6H2,1-2H3,(H,16,17,21). The first-order valence-electron chi connectivity index (χ1n) is 6.71. The molecular formula is C13H15N7O2. The molecule has 3 heterocycles. The van der Waals surface area contributed by atoms with Gasteiger partial charge in [0.25, 0.3) is 5.56 Å². The third-order valence-electron chi connectivity index (χ3n) is 3.28. The van der Waals surface area contributed by atoms with Gasteiger partial charge in [0.1, 0.15) is 5.39 Å². The number of carbonyl (C=O) groups excluding carboxylic acids is 1. The zero-order valence-corrected chi connectivity index (χ0v) is 12.2. The van der Waals surface area contributed by atoms with Gasteiger partial charge in [-0.2, -0.15) is 10.2 Å². The van der Waals surface area contributed by atoms with Crippen molar-refractivity contribution in [3.8, 4) is 0 Å². The van der Waals surface area contributed by atoms with Crippen LogP contribution in [0.1, 0.15) is 6.42 Å². The van der Waals surface area contributed by atoms with Crippen LogP contribution in [0.15, 0.2) is 29.6 Å². The number of amides is 1. The van der Waals surface area contributed by atoms with Gasteiger partial charge in [0, 0.05) is 39.3 Å². The summed E-state index contributed by atoms with van der Waals surface area (Å²) in [6.45, 7) is 0.245. The van der Waals surface area contributed by atoms with Crippen molar-refractivity contribution in [3.05, 3.63) is 35.1 Å². The first-order chi connectivity index (χ1) is 10.5. The topological polar surface area (TPSA) is 99.6 Å². The van der Waals surface area contributed by atoms with Crippen molar-refractivity contribution in [1.82, 2.24) is 29.1 Å². The number of carbonyl (C=O) groups is 1. The number of aryl methyl sites for hydroxylation is 3. The number of anilines is 1. The minimum atomic E-state index is -0.211. The Balaban J connectivity index is 1.70. The summed E-state index contributed by atoms with van der Waals surface area (Å²) in [6.07, 6.45) is 4.81. The van der Waals surface area contributed by atoms with E-state index in [1.807, 2.05) is 0 Å². The number of hydrogen-bond donors (Lipinski definition) is 1. The molecule has 1 amide bonds. The van der Waals surface area contributed by atoms with E-state index in [1.165, 1.54) is 21.8 Å². The average Bonchev–Trinajstić information content (AvgIpc) is 3.05. The monoisotopic (exact) mass is 301 g/mol. The fourth-order valence-electron chi connectivity index (χ4n) is 2.13. The number of fused-ring (bicyclic) bond motifs is 1. The Morgan fingerprint density at radius 1 is 1.36 bits per heavy atom. The van der Waals surface area contributed by atoms with Crippen molar-refractivity contribution in [2.45, 2.75) is 13.0 Å². The molecule has 0 aliphatic carbocycles. The average molecular weight is 301 g/mol. The summed E-state index contributed by atoms with van der Waals surface area (Å²) in [5, 5.41) is 11.2. The summed E-state index contributed by atoms with van der Waals surface area (Å²) in [5.74, 6) is 0.276. The minimum Gasteiger partial charge on any atom is -0.309 e. The van der Waals surface area contributed by atoms with Crippen LogP contribution < -0.4 is 10.9 Å². The van der Waals surface area contributed by atoms with Crippen molar-refractivity contribution >= 4 is 22.8 Å². The fourth-order valence-corrected chi connectivity index (χ4v) is 2.13. The fraction of sp³-hybridized carbons (Fsp3) is 0.308. The molecule has 3 aromatic heterocycles. The molecule has 9 nitrogen and oxygen atoms in total. The van der Waals surface area contributed by atoms with Crippen molar-refractivity contribution < 1.29 is 4.79 Å². The highest BCUT2D eigenvalue weighted by atomic mass is 16.2. The van der Waals surface area contributed by atoms with Crippen molar-refractivity contribution in [1.29, 1.82) is 0 Å². The van der Waals surface area contributed by atoms with Crippen LogP contribution >= 0.6 is 0 Å². The van der Waals surface area contributed by atoms with Gasteiger partial charge in [0.2, 0.25) is 5.91 Å². The zero-order chi connectivity index (χ0) is 15.7. The number of nitrogens with one attached hydrogen (secondary N) is 1. The van der Waals surface area contributed by atoms with Crippen molar-refractivity contribution in [2.75, 3.05) is 5.32 Å². The Kier molecular flexibility index (Phi) is 3.45. The largest absolute Gasteiger partial charge is 0.309 e. The maximum atomic E-state index is 12.2. The van der Waals surface area contributed by atoms with Gasteiger partial charge in [-0.1, -0.05) is 0 Å². The van der Waals surface area contributed by atoms with E-state index in [2.05, 4.69) is 20.5 Å². The summed E-state index contributed by atoms with van der Waals surface area (Å²) in [4.78, 5) is 28.3. The first-order valence-corrected chi connectivity index (χ1v) is 6.71. The molecule has 0 saturated carbocycles. The Bertz CT molecular complexity index is 889. The van der Waals surface area contributed by atoms with Crippen molar-refractivity contribution in [2.24, 2.45) is 14.1 Å². The second-order valence-electron chi connectivity index (χ2n) is 4.92. The molecule has 0 spiro atoms. The van der Waals surface area contributed by atoms with Crippen LogP contribution in [0, 0.1) is 0 Å². The predicted molar refractivity (Wildman–Crippen MR) is 79.2 cm³/mol. The molecule has 0 radical (unpaired) electrons. The van der Waals surface area contributed by atoms with E-state index in [4.69, 9.17) is 0 Å². The maximum Gasteiger partial charge on any atom is 0.264 e. The molecule has 0 aromatic carbocycles. The molecule has 22 heavy (non-hydrogen) atoms. The molecule has 1 N–H and O–H groups in total. The molecular weight excluding hydrogens is 286 g/mol. The first kappa shape index (κ1) is 14.0. The highest BCUT2D eigenvalue weighted by Crippen LogP contribution is 2.04. The lowest BCUT2D eigenvalue weighted by molar-refractivity contribution is -0.116. The van der Waals surface area contributed by atoms with E-state index in [-0.39, 0.29) is 24.4 Å². The molecule has 3 aromatic rings. The summed E-state index contributed by atoms with van der Waals surface area (Å²) < 4.78 is 4.54. The molecule has 0 unspecified atom stereocenters. The zero-order valence-electron chi connectivity index (χ0n) is 12.2. The highest BCUT2D eigenvalue weighted by Gasteiger charge is 2.10.